The number of carbonyl (C=O) groups excluding carboxylic acids is 1. The lowest BCUT2D eigenvalue weighted by atomic mass is 10.1. The van der Waals surface area contributed by atoms with Gasteiger partial charge in [0.15, 0.2) is 0 Å². The van der Waals surface area contributed by atoms with E-state index in [1.165, 1.54) is 6.07 Å². The summed E-state index contributed by atoms with van der Waals surface area (Å²) in [5, 5.41) is 2.88. The molecule has 0 aliphatic carbocycles. The molecule has 1 aliphatic heterocycles. The van der Waals surface area contributed by atoms with Crippen LogP contribution in [0.4, 0.5) is 10.1 Å². The molecule has 1 heterocycles. The second-order valence-corrected chi connectivity index (χ2v) is 5.06. The van der Waals surface area contributed by atoms with Crippen LogP contribution in [0.5, 0.6) is 0 Å². The van der Waals surface area contributed by atoms with E-state index in [0.29, 0.717) is 10.0 Å². The van der Waals surface area contributed by atoms with Crippen LogP contribution in [0, 0.1) is 5.82 Å². The first-order valence-electron chi connectivity index (χ1n) is 5.66. The Morgan fingerprint density at radius 1 is 1.21 bits per heavy atom. The molecular weight excluding hydrogens is 313 g/mol. The van der Waals surface area contributed by atoms with Crippen LogP contribution in [-0.2, 0) is 4.74 Å². The van der Waals surface area contributed by atoms with Crippen molar-refractivity contribution in [3.05, 3.63) is 63.9 Å². The molecule has 0 spiro atoms. The quantitative estimate of drug-likeness (QED) is 0.853. The highest BCUT2D eigenvalue weighted by Gasteiger charge is 2.30. The van der Waals surface area contributed by atoms with Gasteiger partial charge in [-0.05, 0) is 24.3 Å². The molecule has 3 nitrogen and oxygen atoms in total. The van der Waals surface area contributed by atoms with Gasteiger partial charge in [-0.2, -0.15) is 0 Å². The molecule has 0 fully saturated rings. The van der Waals surface area contributed by atoms with Crippen molar-refractivity contribution in [1.29, 1.82) is 0 Å². The summed E-state index contributed by atoms with van der Waals surface area (Å²) < 4.78 is 19.6. The van der Waals surface area contributed by atoms with Gasteiger partial charge in [-0.3, -0.25) is 0 Å². The molecule has 0 aromatic heterocycles. The molecule has 96 valence electrons. The summed E-state index contributed by atoms with van der Waals surface area (Å²) in [6, 6.07) is 11.7. The van der Waals surface area contributed by atoms with Gasteiger partial charge in [-0.1, -0.05) is 34.1 Å². The maximum absolute atomic E-state index is 13.7. The van der Waals surface area contributed by atoms with Crippen LogP contribution < -0.4 is 5.32 Å². The third kappa shape index (κ3) is 2.21. The monoisotopic (exact) mass is 321 g/mol. The van der Waals surface area contributed by atoms with Crippen molar-refractivity contribution in [3.8, 4) is 0 Å². The van der Waals surface area contributed by atoms with E-state index in [1.807, 2.05) is 6.07 Å². The predicted molar refractivity (Wildman–Crippen MR) is 72.3 cm³/mol. The van der Waals surface area contributed by atoms with E-state index in [0.717, 1.165) is 5.56 Å². The van der Waals surface area contributed by atoms with Crippen LogP contribution in [-0.4, -0.2) is 5.97 Å². The number of benzene rings is 2. The van der Waals surface area contributed by atoms with Crippen LogP contribution >= 0.6 is 15.9 Å². The van der Waals surface area contributed by atoms with Crippen LogP contribution in [0.1, 0.15) is 22.1 Å². The van der Waals surface area contributed by atoms with E-state index >= 15 is 0 Å². The zero-order chi connectivity index (χ0) is 13.4. The standard InChI is InChI=1S/C14H9BrFNO2/c15-8-5-6-12(11(16)7-8)17-13-9-3-1-2-4-10(9)14(18)19-13/h1-7,13,17H/t13-/m1/s1. The summed E-state index contributed by atoms with van der Waals surface area (Å²) in [6.07, 6.45) is -0.653. The molecule has 0 unspecified atom stereocenters. The highest BCUT2D eigenvalue weighted by molar-refractivity contribution is 9.10. The number of hydrogen-bond acceptors (Lipinski definition) is 3. The molecular formula is C14H9BrFNO2. The topological polar surface area (TPSA) is 38.3 Å². The first kappa shape index (κ1) is 12.2. The zero-order valence-electron chi connectivity index (χ0n) is 9.69. The summed E-state index contributed by atoms with van der Waals surface area (Å²) in [5.74, 6) is -0.805. The Morgan fingerprint density at radius 3 is 2.79 bits per heavy atom. The number of fused-ring (bicyclic) bond motifs is 1. The minimum atomic E-state index is -0.653. The van der Waals surface area contributed by atoms with Crippen molar-refractivity contribution < 1.29 is 13.9 Å². The number of cyclic esters (lactones) is 1. The van der Waals surface area contributed by atoms with Crippen molar-refractivity contribution in [2.75, 3.05) is 5.32 Å². The Kier molecular flexibility index (Phi) is 2.98. The maximum atomic E-state index is 13.7. The molecule has 1 aliphatic rings. The molecule has 1 N–H and O–H groups in total. The van der Waals surface area contributed by atoms with Crippen LogP contribution in [0.15, 0.2) is 46.9 Å². The lowest BCUT2D eigenvalue weighted by molar-refractivity contribution is 0.0436. The lowest BCUT2D eigenvalue weighted by Gasteiger charge is -2.15. The third-order valence-corrected chi connectivity index (χ3v) is 3.40. The normalized spacial score (nSPS) is 16.9. The van der Waals surface area contributed by atoms with Crippen molar-refractivity contribution in [2.45, 2.75) is 6.23 Å². The van der Waals surface area contributed by atoms with E-state index in [-0.39, 0.29) is 5.69 Å². The average Bonchev–Trinajstić information content (AvgIpc) is 2.71. The van der Waals surface area contributed by atoms with Crippen molar-refractivity contribution in [2.24, 2.45) is 0 Å². The first-order valence-corrected chi connectivity index (χ1v) is 6.46. The van der Waals surface area contributed by atoms with Gasteiger partial charge >= 0.3 is 5.97 Å². The number of nitrogens with one attached hydrogen (secondary N) is 1. The van der Waals surface area contributed by atoms with E-state index in [2.05, 4.69) is 21.2 Å². The minimum absolute atomic E-state index is 0.290. The highest BCUT2D eigenvalue weighted by atomic mass is 79.9. The number of ether oxygens (including phenoxy) is 1. The Balaban J connectivity index is 1.91. The molecule has 0 radical (unpaired) electrons. The maximum Gasteiger partial charge on any atom is 0.340 e. The van der Waals surface area contributed by atoms with Crippen molar-refractivity contribution in [3.63, 3.8) is 0 Å². The largest absolute Gasteiger partial charge is 0.434 e. The summed E-state index contributed by atoms with van der Waals surface area (Å²) in [7, 11) is 0. The van der Waals surface area contributed by atoms with Crippen LogP contribution in [0.2, 0.25) is 0 Å². The Labute approximate surface area is 117 Å². The van der Waals surface area contributed by atoms with Gasteiger partial charge in [0.1, 0.15) is 5.82 Å². The molecule has 2 aromatic rings. The SMILES string of the molecule is O=C1O[C@@H](Nc2ccc(Br)cc2F)c2ccccc21. The molecule has 5 heteroatoms. The Morgan fingerprint density at radius 2 is 2.00 bits per heavy atom. The number of carbonyl (C=O) groups is 1. The van der Waals surface area contributed by atoms with Gasteiger partial charge in [0.2, 0.25) is 6.23 Å². The van der Waals surface area contributed by atoms with Gasteiger partial charge < -0.3 is 10.1 Å². The Hall–Kier alpha value is -1.88. The number of hydrogen-bond donors (Lipinski definition) is 1. The van der Waals surface area contributed by atoms with E-state index < -0.39 is 18.0 Å². The van der Waals surface area contributed by atoms with Crippen molar-refractivity contribution >= 4 is 27.6 Å². The van der Waals surface area contributed by atoms with Crippen molar-refractivity contribution in [1.82, 2.24) is 0 Å². The lowest BCUT2D eigenvalue weighted by Crippen LogP contribution is -2.11. The van der Waals surface area contributed by atoms with Gasteiger partial charge in [0.05, 0.1) is 11.3 Å². The van der Waals surface area contributed by atoms with Crippen LogP contribution in [0.25, 0.3) is 0 Å². The molecule has 3 rings (SSSR count). The van der Waals surface area contributed by atoms with E-state index in [1.54, 1.807) is 30.3 Å². The van der Waals surface area contributed by atoms with Gasteiger partial charge in [0, 0.05) is 10.0 Å². The molecule has 0 saturated carbocycles. The molecule has 0 bridgehead atoms. The zero-order valence-corrected chi connectivity index (χ0v) is 11.3. The predicted octanol–water partition coefficient (Wildman–Crippen LogP) is 3.87. The fourth-order valence-corrected chi connectivity index (χ4v) is 2.33. The second-order valence-electron chi connectivity index (χ2n) is 4.14. The average molecular weight is 322 g/mol. The fraction of sp³-hybridized carbons (Fsp3) is 0.0714. The third-order valence-electron chi connectivity index (χ3n) is 2.91. The first-order chi connectivity index (χ1) is 9.15. The summed E-state index contributed by atoms with van der Waals surface area (Å²) in [4.78, 5) is 11.6. The molecule has 2 aromatic carbocycles. The molecule has 0 saturated heterocycles. The second kappa shape index (κ2) is 4.66. The molecule has 1 atom stereocenters. The van der Waals surface area contributed by atoms with Gasteiger partial charge in [-0.15, -0.1) is 0 Å². The van der Waals surface area contributed by atoms with Gasteiger partial charge in [0.25, 0.3) is 0 Å². The highest BCUT2D eigenvalue weighted by Crippen LogP contribution is 2.32. The van der Waals surface area contributed by atoms with Gasteiger partial charge in [-0.25, -0.2) is 9.18 Å². The number of halogens is 2. The summed E-state index contributed by atoms with van der Waals surface area (Å²) in [5.41, 5.74) is 1.52. The Bertz CT molecular complexity index is 660. The molecule has 19 heavy (non-hydrogen) atoms. The summed E-state index contributed by atoms with van der Waals surface area (Å²) in [6.45, 7) is 0. The van der Waals surface area contributed by atoms with E-state index in [9.17, 15) is 9.18 Å². The summed E-state index contributed by atoms with van der Waals surface area (Å²) >= 11 is 3.19. The number of esters is 1. The number of anilines is 1. The minimum Gasteiger partial charge on any atom is -0.434 e. The van der Waals surface area contributed by atoms with Crippen LogP contribution in [0.3, 0.4) is 0 Å². The smallest absolute Gasteiger partial charge is 0.340 e. The fourth-order valence-electron chi connectivity index (χ4n) is 2.00. The molecule has 0 amide bonds. The van der Waals surface area contributed by atoms with E-state index in [4.69, 9.17) is 4.74 Å². The number of rotatable bonds is 2.